The van der Waals surface area contributed by atoms with Gasteiger partial charge in [-0.2, -0.15) is 0 Å². The van der Waals surface area contributed by atoms with Gasteiger partial charge in [0.2, 0.25) is 0 Å². The summed E-state index contributed by atoms with van der Waals surface area (Å²) >= 11 is 3.42. The minimum Gasteiger partial charge on any atom is -0.382 e. The standard InChI is InChI=1S/C11H10BrN3/c1-7-6-8(12)2-3-9(7)10-4-5-11(13)15-14-10/h2-6H,1H3,(H2,13,15). The fourth-order valence-corrected chi connectivity index (χ4v) is 1.88. The Morgan fingerprint density at radius 3 is 2.53 bits per heavy atom. The fraction of sp³-hybridized carbons (Fsp3) is 0.0909. The van der Waals surface area contributed by atoms with E-state index in [0.29, 0.717) is 5.82 Å². The van der Waals surface area contributed by atoms with Crippen molar-refractivity contribution in [1.29, 1.82) is 0 Å². The van der Waals surface area contributed by atoms with Crippen molar-refractivity contribution in [3.05, 3.63) is 40.4 Å². The maximum Gasteiger partial charge on any atom is 0.146 e. The Labute approximate surface area is 96.5 Å². The van der Waals surface area contributed by atoms with Gasteiger partial charge in [-0.25, -0.2) is 0 Å². The van der Waals surface area contributed by atoms with Crippen LogP contribution >= 0.6 is 15.9 Å². The van der Waals surface area contributed by atoms with Gasteiger partial charge >= 0.3 is 0 Å². The van der Waals surface area contributed by atoms with Crippen LogP contribution < -0.4 is 5.73 Å². The molecule has 0 fully saturated rings. The smallest absolute Gasteiger partial charge is 0.146 e. The molecule has 0 saturated carbocycles. The third kappa shape index (κ3) is 2.15. The van der Waals surface area contributed by atoms with E-state index in [2.05, 4.69) is 26.1 Å². The van der Waals surface area contributed by atoms with Crippen LogP contribution in [0.3, 0.4) is 0 Å². The predicted molar refractivity (Wildman–Crippen MR) is 64.3 cm³/mol. The van der Waals surface area contributed by atoms with Crippen molar-refractivity contribution in [2.45, 2.75) is 6.92 Å². The molecule has 0 aliphatic carbocycles. The van der Waals surface area contributed by atoms with Gasteiger partial charge in [0.1, 0.15) is 5.82 Å². The molecule has 2 aromatic rings. The summed E-state index contributed by atoms with van der Waals surface area (Å²) in [5.74, 6) is 0.438. The summed E-state index contributed by atoms with van der Waals surface area (Å²) in [5.41, 5.74) is 8.56. The first kappa shape index (κ1) is 10.1. The second-order valence-electron chi connectivity index (χ2n) is 3.30. The highest BCUT2D eigenvalue weighted by atomic mass is 79.9. The summed E-state index contributed by atoms with van der Waals surface area (Å²) in [4.78, 5) is 0. The molecule has 3 nitrogen and oxygen atoms in total. The Bertz CT molecular complexity index is 480. The number of benzene rings is 1. The van der Waals surface area contributed by atoms with Crippen molar-refractivity contribution in [3.8, 4) is 11.3 Å². The van der Waals surface area contributed by atoms with Gasteiger partial charge in [-0.3, -0.25) is 0 Å². The molecule has 4 heteroatoms. The lowest BCUT2D eigenvalue weighted by molar-refractivity contribution is 1.05. The Morgan fingerprint density at radius 1 is 1.13 bits per heavy atom. The monoisotopic (exact) mass is 263 g/mol. The number of rotatable bonds is 1. The molecule has 15 heavy (non-hydrogen) atoms. The van der Waals surface area contributed by atoms with Gasteiger partial charge in [0, 0.05) is 10.0 Å². The molecule has 1 aromatic carbocycles. The molecule has 2 rings (SSSR count). The molecule has 1 heterocycles. The molecule has 0 aliphatic rings. The summed E-state index contributed by atoms with van der Waals surface area (Å²) in [7, 11) is 0. The molecule has 0 saturated heterocycles. The molecule has 2 N–H and O–H groups in total. The van der Waals surface area contributed by atoms with Gasteiger partial charge in [-0.1, -0.05) is 22.0 Å². The Morgan fingerprint density at radius 2 is 1.93 bits per heavy atom. The van der Waals surface area contributed by atoms with Crippen LogP contribution in [0.15, 0.2) is 34.8 Å². The fourth-order valence-electron chi connectivity index (χ4n) is 1.40. The number of hydrogen-bond acceptors (Lipinski definition) is 3. The maximum absolute atomic E-state index is 5.49. The van der Waals surface area contributed by atoms with Crippen LogP contribution in [0.4, 0.5) is 5.82 Å². The minimum atomic E-state index is 0.438. The molecular weight excluding hydrogens is 254 g/mol. The van der Waals surface area contributed by atoms with Crippen molar-refractivity contribution >= 4 is 21.7 Å². The van der Waals surface area contributed by atoms with Crippen LogP contribution in [-0.2, 0) is 0 Å². The third-order valence-corrected chi connectivity index (χ3v) is 2.64. The van der Waals surface area contributed by atoms with E-state index in [1.165, 1.54) is 0 Å². The van der Waals surface area contributed by atoms with Crippen molar-refractivity contribution in [2.75, 3.05) is 5.73 Å². The Hall–Kier alpha value is -1.42. The van der Waals surface area contributed by atoms with Crippen molar-refractivity contribution in [1.82, 2.24) is 10.2 Å². The molecule has 0 amide bonds. The van der Waals surface area contributed by atoms with Gasteiger partial charge in [0.25, 0.3) is 0 Å². The molecular formula is C11H10BrN3. The summed E-state index contributed by atoms with van der Waals surface area (Å²) in [5, 5.41) is 7.88. The molecule has 0 aliphatic heterocycles. The van der Waals surface area contributed by atoms with Gasteiger partial charge in [-0.05, 0) is 36.8 Å². The zero-order valence-electron chi connectivity index (χ0n) is 8.24. The number of nitrogens with zero attached hydrogens (tertiary/aromatic N) is 2. The van der Waals surface area contributed by atoms with Crippen LogP contribution in [0.1, 0.15) is 5.56 Å². The summed E-state index contributed by atoms with van der Waals surface area (Å²) in [6, 6.07) is 9.68. The van der Waals surface area contributed by atoms with Gasteiger partial charge in [0.05, 0.1) is 5.69 Å². The number of aryl methyl sites for hydroxylation is 1. The van der Waals surface area contributed by atoms with Crippen molar-refractivity contribution in [3.63, 3.8) is 0 Å². The van der Waals surface area contributed by atoms with E-state index in [9.17, 15) is 0 Å². The van der Waals surface area contributed by atoms with Crippen LogP contribution in [0.5, 0.6) is 0 Å². The van der Waals surface area contributed by atoms with E-state index in [1.54, 1.807) is 6.07 Å². The van der Waals surface area contributed by atoms with Crippen molar-refractivity contribution < 1.29 is 0 Å². The highest BCUT2D eigenvalue weighted by Gasteiger charge is 2.03. The van der Waals surface area contributed by atoms with E-state index in [-0.39, 0.29) is 0 Å². The van der Waals surface area contributed by atoms with Gasteiger partial charge in [-0.15, -0.1) is 10.2 Å². The largest absolute Gasteiger partial charge is 0.382 e. The average Bonchev–Trinajstić information content (AvgIpc) is 2.20. The van der Waals surface area contributed by atoms with E-state index < -0.39 is 0 Å². The summed E-state index contributed by atoms with van der Waals surface area (Å²) < 4.78 is 1.06. The van der Waals surface area contributed by atoms with Crippen LogP contribution in [-0.4, -0.2) is 10.2 Å². The lowest BCUT2D eigenvalue weighted by Crippen LogP contribution is -1.94. The molecule has 0 radical (unpaired) electrons. The van der Waals surface area contributed by atoms with Crippen LogP contribution in [0.2, 0.25) is 0 Å². The molecule has 0 spiro atoms. The minimum absolute atomic E-state index is 0.438. The lowest BCUT2D eigenvalue weighted by atomic mass is 10.1. The second-order valence-corrected chi connectivity index (χ2v) is 4.22. The highest BCUT2D eigenvalue weighted by molar-refractivity contribution is 9.10. The average molecular weight is 264 g/mol. The maximum atomic E-state index is 5.49. The van der Waals surface area contributed by atoms with Crippen LogP contribution in [0, 0.1) is 6.92 Å². The van der Waals surface area contributed by atoms with E-state index in [4.69, 9.17) is 5.73 Å². The van der Waals surface area contributed by atoms with E-state index >= 15 is 0 Å². The highest BCUT2D eigenvalue weighted by Crippen LogP contribution is 2.24. The van der Waals surface area contributed by atoms with Crippen LogP contribution in [0.25, 0.3) is 11.3 Å². The van der Waals surface area contributed by atoms with Gasteiger partial charge in [0.15, 0.2) is 0 Å². The molecule has 1 aromatic heterocycles. The number of anilines is 1. The quantitative estimate of drug-likeness (QED) is 0.861. The molecule has 76 valence electrons. The second kappa shape index (κ2) is 3.98. The number of nitrogens with two attached hydrogens (primary N) is 1. The molecule has 0 unspecified atom stereocenters. The topological polar surface area (TPSA) is 51.8 Å². The first-order chi connectivity index (χ1) is 7.16. The summed E-state index contributed by atoms with van der Waals surface area (Å²) in [6.07, 6.45) is 0. The first-order valence-electron chi connectivity index (χ1n) is 4.52. The number of halogens is 1. The predicted octanol–water partition coefficient (Wildman–Crippen LogP) is 2.80. The zero-order valence-corrected chi connectivity index (χ0v) is 9.82. The molecule has 0 atom stereocenters. The zero-order chi connectivity index (χ0) is 10.8. The Kier molecular flexibility index (Phi) is 2.68. The SMILES string of the molecule is Cc1cc(Br)ccc1-c1ccc(N)nn1. The van der Waals surface area contributed by atoms with Gasteiger partial charge < -0.3 is 5.73 Å². The lowest BCUT2D eigenvalue weighted by Gasteiger charge is -2.04. The number of nitrogen functional groups attached to an aromatic ring is 1. The molecule has 0 bridgehead atoms. The van der Waals surface area contributed by atoms with E-state index in [1.807, 2.05) is 31.2 Å². The number of aromatic nitrogens is 2. The van der Waals surface area contributed by atoms with Crippen molar-refractivity contribution in [2.24, 2.45) is 0 Å². The normalized spacial score (nSPS) is 10.3. The first-order valence-corrected chi connectivity index (χ1v) is 5.32. The Balaban J connectivity index is 2.49. The van der Waals surface area contributed by atoms with E-state index in [0.717, 1.165) is 21.3 Å². The summed E-state index contributed by atoms with van der Waals surface area (Å²) in [6.45, 7) is 2.04. The third-order valence-electron chi connectivity index (χ3n) is 2.15. The number of hydrogen-bond donors (Lipinski definition) is 1.